The molecular weight excluding hydrogens is 242 g/mol. The van der Waals surface area contributed by atoms with Crippen molar-refractivity contribution >= 4 is 11.6 Å². The van der Waals surface area contributed by atoms with E-state index < -0.39 is 0 Å². The zero-order valence-electron chi connectivity index (χ0n) is 11.3. The highest BCUT2D eigenvalue weighted by Gasteiger charge is 2.29. The van der Waals surface area contributed by atoms with E-state index in [9.17, 15) is 4.79 Å². The number of carbonyl (C=O) groups excluding carboxylic acids is 1. The molecule has 1 heterocycles. The first-order chi connectivity index (χ1) is 9.11. The van der Waals surface area contributed by atoms with Crippen LogP contribution >= 0.6 is 0 Å². The summed E-state index contributed by atoms with van der Waals surface area (Å²) >= 11 is 0. The first kappa shape index (κ1) is 13.8. The van der Waals surface area contributed by atoms with Gasteiger partial charge in [-0.15, -0.1) is 0 Å². The number of pyridine rings is 1. The first-order valence-corrected chi connectivity index (χ1v) is 6.70. The summed E-state index contributed by atoms with van der Waals surface area (Å²) in [5.74, 6) is 0.483. The fraction of sp³-hybridized carbons (Fsp3) is 0.571. The van der Waals surface area contributed by atoms with Crippen LogP contribution in [0.15, 0.2) is 18.3 Å². The van der Waals surface area contributed by atoms with Gasteiger partial charge in [0.25, 0.3) is 0 Å². The Bertz CT molecular complexity index is 425. The first-order valence-electron chi connectivity index (χ1n) is 6.70. The van der Waals surface area contributed by atoms with Gasteiger partial charge in [-0.25, -0.2) is 4.98 Å². The van der Waals surface area contributed by atoms with Crippen molar-refractivity contribution in [2.75, 3.05) is 12.4 Å². The standard InChI is InChI=1S/C14H21N3O2/c1-19-13-6-5-11(10-16-13)17-12(18)9-14(15)7-3-2-4-8-14/h5-6,10H,2-4,7-9,15H2,1H3,(H,17,18). The predicted octanol–water partition coefficient (Wildman–Crippen LogP) is 2.08. The number of hydrogen-bond acceptors (Lipinski definition) is 4. The smallest absolute Gasteiger partial charge is 0.226 e. The molecule has 1 aromatic rings. The number of amides is 1. The van der Waals surface area contributed by atoms with Crippen LogP contribution in [0.1, 0.15) is 38.5 Å². The molecule has 0 aromatic carbocycles. The SMILES string of the molecule is COc1ccc(NC(=O)CC2(N)CCCCC2)cn1. The molecule has 1 fully saturated rings. The number of methoxy groups -OCH3 is 1. The van der Waals surface area contributed by atoms with Gasteiger partial charge in [0.05, 0.1) is 19.0 Å². The van der Waals surface area contributed by atoms with E-state index in [4.69, 9.17) is 10.5 Å². The van der Waals surface area contributed by atoms with Crippen LogP contribution in [0.5, 0.6) is 5.88 Å². The van der Waals surface area contributed by atoms with Crippen LogP contribution < -0.4 is 15.8 Å². The number of aromatic nitrogens is 1. The number of nitrogens with zero attached hydrogens (tertiary/aromatic N) is 1. The number of rotatable bonds is 4. The monoisotopic (exact) mass is 263 g/mol. The highest BCUT2D eigenvalue weighted by molar-refractivity contribution is 5.91. The maximum absolute atomic E-state index is 12.0. The Kier molecular flexibility index (Phi) is 4.37. The molecule has 3 N–H and O–H groups in total. The van der Waals surface area contributed by atoms with E-state index in [-0.39, 0.29) is 11.4 Å². The van der Waals surface area contributed by atoms with Crippen molar-refractivity contribution in [3.8, 4) is 5.88 Å². The minimum Gasteiger partial charge on any atom is -0.481 e. The van der Waals surface area contributed by atoms with Crippen molar-refractivity contribution in [3.63, 3.8) is 0 Å². The zero-order valence-corrected chi connectivity index (χ0v) is 11.3. The maximum atomic E-state index is 12.0. The molecule has 0 unspecified atom stereocenters. The second kappa shape index (κ2) is 6.02. The maximum Gasteiger partial charge on any atom is 0.226 e. The van der Waals surface area contributed by atoms with Gasteiger partial charge in [0, 0.05) is 18.0 Å². The summed E-state index contributed by atoms with van der Waals surface area (Å²) in [6, 6.07) is 3.49. The Labute approximate surface area is 113 Å². The molecule has 2 rings (SSSR count). The second-order valence-corrected chi connectivity index (χ2v) is 5.24. The van der Waals surface area contributed by atoms with Crippen molar-refractivity contribution in [2.24, 2.45) is 5.73 Å². The summed E-state index contributed by atoms with van der Waals surface area (Å²) in [4.78, 5) is 16.0. The number of ether oxygens (including phenoxy) is 1. The molecule has 0 bridgehead atoms. The molecule has 0 atom stereocenters. The van der Waals surface area contributed by atoms with E-state index in [1.54, 1.807) is 25.4 Å². The van der Waals surface area contributed by atoms with Crippen LogP contribution in [0.3, 0.4) is 0 Å². The molecule has 5 nitrogen and oxygen atoms in total. The average molecular weight is 263 g/mol. The van der Waals surface area contributed by atoms with Gasteiger partial charge in [0.2, 0.25) is 11.8 Å². The molecule has 1 amide bonds. The summed E-state index contributed by atoms with van der Waals surface area (Å²) in [7, 11) is 1.56. The summed E-state index contributed by atoms with van der Waals surface area (Å²) < 4.78 is 4.97. The number of anilines is 1. The van der Waals surface area contributed by atoms with Gasteiger partial charge in [-0.05, 0) is 18.9 Å². The number of nitrogens with one attached hydrogen (secondary N) is 1. The van der Waals surface area contributed by atoms with Crippen molar-refractivity contribution in [1.29, 1.82) is 0 Å². The van der Waals surface area contributed by atoms with Gasteiger partial charge >= 0.3 is 0 Å². The summed E-state index contributed by atoms with van der Waals surface area (Å²) in [6.45, 7) is 0. The molecule has 0 saturated heterocycles. The lowest BCUT2D eigenvalue weighted by atomic mass is 9.80. The number of hydrogen-bond donors (Lipinski definition) is 2. The fourth-order valence-electron chi connectivity index (χ4n) is 2.53. The molecular formula is C14H21N3O2. The average Bonchev–Trinajstić information content (AvgIpc) is 2.39. The minimum atomic E-state index is -0.331. The summed E-state index contributed by atoms with van der Waals surface area (Å²) in [5.41, 5.74) is 6.60. The molecule has 1 aromatic heterocycles. The molecule has 0 aliphatic heterocycles. The Morgan fingerprint density at radius 1 is 1.42 bits per heavy atom. The molecule has 104 valence electrons. The Morgan fingerprint density at radius 2 is 2.16 bits per heavy atom. The lowest BCUT2D eigenvalue weighted by molar-refractivity contribution is -0.117. The van der Waals surface area contributed by atoms with Crippen molar-refractivity contribution in [1.82, 2.24) is 4.98 Å². The third-order valence-corrected chi connectivity index (χ3v) is 3.59. The highest BCUT2D eigenvalue weighted by atomic mass is 16.5. The molecule has 1 aliphatic rings. The van der Waals surface area contributed by atoms with Crippen LogP contribution in [0.25, 0.3) is 0 Å². The quantitative estimate of drug-likeness (QED) is 0.872. The van der Waals surface area contributed by atoms with E-state index in [1.807, 2.05) is 0 Å². The van der Waals surface area contributed by atoms with E-state index >= 15 is 0 Å². The van der Waals surface area contributed by atoms with Gasteiger partial charge in [-0.3, -0.25) is 4.79 Å². The Balaban J connectivity index is 1.89. The second-order valence-electron chi connectivity index (χ2n) is 5.24. The number of nitrogens with two attached hydrogens (primary N) is 1. The lowest BCUT2D eigenvalue weighted by Gasteiger charge is -2.32. The Hall–Kier alpha value is -1.62. The molecule has 19 heavy (non-hydrogen) atoms. The van der Waals surface area contributed by atoms with Gasteiger partial charge in [0.1, 0.15) is 0 Å². The zero-order chi connectivity index (χ0) is 13.7. The van der Waals surface area contributed by atoms with E-state index in [1.165, 1.54) is 6.42 Å². The lowest BCUT2D eigenvalue weighted by Crippen LogP contribution is -2.44. The fourth-order valence-corrected chi connectivity index (χ4v) is 2.53. The molecule has 1 saturated carbocycles. The van der Waals surface area contributed by atoms with Gasteiger partial charge < -0.3 is 15.8 Å². The van der Waals surface area contributed by atoms with Crippen molar-refractivity contribution in [2.45, 2.75) is 44.1 Å². The molecule has 0 radical (unpaired) electrons. The van der Waals surface area contributed by atoms with Gasteiger partial charge in [-0.2, -0.15) is 0 Å². The Morgan fingerprint density at radius 3 is 2.74 bits per heavy atom. The van der Waals surface area contributed by atoms with Gasteiger partial charge in [-0.1, -0.05) is 19.3 Å². The van der Waals surface area contributed by atoms with Crippen molar-refractivity contribution in [3.05, 3.63) is 18.3 Å². The van der Waals surface area contributed by atoms with Gasteiger partial charge in [0.15, 0.2) is 0 Å². The topological polar surface area (TPSA) is 77.2 Å². The van der Waals surface area contributed by atoms with Crippen LogP contribution in [0.4, 0.5) is 5.69 Å². The molecule has 5 heteroatoms. The van der Waals surface area contributed by atoms with E-state index in [0.717, 1.165) is 25.7 Å². The largest absolute Gasteiger partial charge is 0.481 e. The number of carbonyl (C=O) groups is 1. The van der Waals surface area contributed by atoms with E-state index in [2.05, 4.69) is 10.3 Å². The summed E-state index contributed by atoms with van der Waals surface area (Å²) in [5, 5.41) is 2.83. The molecule has 1 aliphatic carbocycles. The summed E-state index contributed by atoms with van der Waals surface area (Å²) in [6.07, 6.45) is 7.28. The normalized spacial score (nSPS) is 17.8. The van der Waals surface area contributed by atoms with E-state index in [0.29, 0.717) is 18.0 Å². The highest BCUT2D eigenvalue weighted by Crippen LogP contribution is 2.28. The van der Waals surface area contributed by atoms with Crippen molar-refractivity contribution < 1.29 is 9.53 Å². The van der Waals surface area contributed by atoms with Crippen LogP contribution in [0, 0.1) is 0 Å². The third kappa shape index (κ3) is 3.92. The third-order valence-electron chi connectivity index (χ3n) is 3.59. The minimum absolute atomic E-state index is 0.0450. The van der Waals surface area contributed by atoms with Crippen LogP contribution in [0.2, 0.25) is 0 Å². The van der Waals surface area contributed by atoms with Crippen LogP contribution in [-0.2, 0) is 4.79 Å². The van der Waals surface area contributed by atoms with Crippen LogP contribution in [-0.4, -0.2) is 23.5 Å². The molecule has 0 spiro atoms. The predicted molar refractivity (Wildman–Crippen MR) is 74.0 cm³/mol.